The number of anilines is 2. The predicted octanol–water partition coefficient (Wildman–Crippen LogP) is 7.55. The zero-order valence-electron chi connectivity index (χ0n) is 38.7. The Hall–Kier alpha value is -6.21. The maximum absolute atomic E-state index is 14.1. The van der Waals surface area contributed by atoms with E-state index >= 15 is 0 Å². The number of nitrogens with one attached hydrogen (secondary N) is 3. The molecule has 5 aliphatic rings. The molecule has 1 atom stereocenters. The van der Waals surface area contributed by atoms with Crippen molar-refractivity contribution in [1.29, 1.82) is 0 Å². The van der Waals surface area contributed by atoms with Gasteiger partial charge in [0.15, 0.2) is 11.4 Å². The lowest BCUT2D eigenvalue weighted by Crippen LogP contribution is -2.52. The van der Waals surface area contributed by atoms with E-state index in [0.717, 1.165) is 73.9 Å². The van der Waals surface area contributed by atoms with E-state index in [-0.39, 0.29) is 52.6 Å². The van der Waals surface area contributed by atoms with Gasteiger partial charge in [-0.1, -0.05) is 43.2 Å². The molecule has 2 saturated heterocycles. The number of aromatic nitrogens is 2. The third kappa shape index (κ3) is 10.4. The second kappa shape index (κ2) is 18.9. The number of sulfonamides is 1. The number of ether oxygens (including phenoxy) is 2. The van der Waals surface area contributed by atoms with Crippen LogP contribution < -0.4 is 24.4 Å². The normalized spacial score (nSPS) is 20.0. The molecule has 17 nitrogen and oxygen atoms in total. The number of rotatable bonds is 13. The van der Waals surface area contributed by atoms with Crippen LogP contribution in [0.25, 0.3) is 16.6 Å². The van der Waals surface area contributed by atoms with E-state index in [1.807, 2.05) is 23.1 Å². The topological polar surface area (TPSA) is 196 Å². The quantitative estimate of drug-likeness (QED) is 0.0774. The van der Waals surface area contributed by atoms with Gasteiger partial charge in [-0.2, -0.15) is 0 Å². The van der Waals surface area contributed by atoms with E-state index in [1.165, 1.54) is 35.0 Å². The third-order valence-corrected chi connectivity index (χ3v) is 15.6. The molecule has 0 unspecified atom stereocenters. The summed E-state index contributed by atoms with van der Waals surface area (Å²) in [6, 6.07) is 18.6. The zero-order chi connectivity index (χ0) is 48.0. The van der Waals surface area contributed by atoms with E-state index in [0.29, 0.717) is 57.2 Å². The molecule has 3 N–H and O–H groups in total. The summed E-state index contributed by atoms with van der Waals surface area (Å²) >= 11 is 6.26. The number of allylic oxidation sites excluding steroid dienone is 1. The molecule has 362 valence electrons. The lowest BCUT2D eigenvalue weighted by Gasteiger charge is -2.39. The summed E-state index contributed by atoms with van der Waals surface area (Å²) in [7, 11) is -4.69. The molecular weight excluding hydrogens is 922 g/mol. The van der Waals surface area contributed by atoms with E-state index in [2.05, 4.69) is 60.7 Å². The van der Waals surface area contributed by atoms with Gasteiger partial charge in [0.1, 0.15) is 23.8 Å². The molecule has 2 aliphatic carbocycles. The molecule has 2 aromatic heterocycles. The monoisotopic (exact) mass is 977 g/mol. The highest BCUT2D eigenvalue weighted by molar-refractivity contribution is 7.90. The van der Waals surface area contributed by atoms with Crippen LogP contribution in [-0.2, 0) is 14.8 Å². The number of hydrogen-bond donors (Lipinski definition) is 3. The number of benzene rings is 3. The van der Waals surface area contributed by atoms with Crippen LogP contribution in [0.4, 0.5) is 17.1 Å². The molecule has 5 heterocycles. The smallest absolute Gasteiger partial charge is 0.297 e. The first-order valence-electron chi connectivity index (χ1n) is 23.6. The number of aromatic amines is 1. The Morgan fingerprint density at radius 3 is 2.46 bits per heavy atom. The molecule has 1 saturated carbocycles. The predicted molar refractivity (Wildman–Crippen MR) is 264 cm³/mol. The van der Waals surface area contributed by atoms with Crippen LogP contribution in [0.15, 0.2) is 89.6 Å². The molecule has 0 radical (unpaired) electrons. The number of pyridine rings is 1. The summed E-state index contributed by atoms with van der Waals surface area (Å²) in [5.41, 5.74) is 5.22. The highest BCUT2D eigenvalue weighted by atomic mass is 35.5. The van der Waals surface area contributed by atoms with Crippen LogP contribution in [0, 0.1) is 21.4 Å². The van der Waals surface area contributed by atoms with Gasteiger partial charge in [0.2, 0.25) is 5.91 Å². The molecule has 3 fully saturated rings. The standard InChI is InChI=1S/C50H56ClN9O8S/c1-50(2)13-11-35(42(27-50)32-5-7-36(51)8-6-32)29-56-15-19-58(20-16-56)38-9-10-41(44(24-38)68-39-23-34-12-14-52-47(34)53-28-39)48(61)55-69(65,66)40-25-43(60(63)64)46-45(26-40)67-31-37(54-46)30-57-17-21-59(22-18-57)49(62)33-3-4-33/h5-10,12,14,23-26,28,33,37,54H,3-4,11,13,15-22,27,29-31H2,1-2H3,(H,52,53)(H,55,61)/t37-/m1/s1. The number of hydrogen-bond acceptors (Lipinski definition) is 13. The number of H-pyrrole nitrogens is 1. The van der Waals surface area contributed by atoms with E-state index in [1.54, 1.807) is 24.4 Å². The highest BCUT2D eigenvalue weighted by Crippen LogP contribution is 2.44. The van der Waals surface area contributed by atoms with Crippen molar-refractivity contribution < 1.29 is 32.4 Å². The summed E-state index contributed by atoms with van der Waals surface area (Å²) in [4.78, 5) is 54.2. The third-order valence-electron chi connectivity index (χ3n) is 14.0. The van der Waals surface area contributed by atoms with Crippen LogP contribution in [0.2, 0.25) is 5.02 Å². The van der Waals surface area contributed by atoms with Crippen LogP contribution in [0.3, 0.4) is 0 Å². The molecule has 69 heavy (non-hydrogen) atoms. The van der Waals surface area contributed by atoms with Gasteiger partial charge in [-0.15, -0.1) is 0 Å². The summed E-state index contributed by atoms with van der Waals surface area (Å²) in [5.74, 6) is -0.193. The first kappa shape index (κ1) is 46.5. The van der Waals surface area contributed by atoms with Crippen LogP contribution >= 0.6 is 11.6 Å². The number of nitrogens with zero attached hydrogens (tertiary/aromatic N) is 6. The Morgan fingerprint density at radius 2 is 1.72 bits per heavy atom. The minimum Gasteiger partial charge on any atom is -0.489 e. The van der Waals surface area contributed by atoms with Crippen molar-refractivity contribution in [2.24, 2.45) is 11.3 Å². The molecule has 2 amide bonds. The summed E-state index contributed by atoms with van der Waals surface area (Å²) in [6.45, 7) is 11.8. The molecule has 5 aromatic rings. The highest BCUT2D eigenvalue weighted by Gasteiger charge is 2.37. The van der Waals surface area contributed by atoms with Gasteiger partial charge in [0.25, 0.3) is 21.6 Å². The molecule has 0 bridgehead atoms. The summed E-state index contributed by atoms with van der Waals surface area (Å²) in [6.07, 6.45) is 8.35. The second-order valence-corrected chi connectivity index (χ2v) is 21.7. The number of nitro groups is 1. The second-order valence-electron chi connectivity index (χ2n) is 19.6. The van der Waals surface area contributed by atoms with Crippen molar-refractivity contribution in [3.8, 4) is 17.2 Å². The van der Waals surface area contributed by atoms with Crippen molar-refractivity contribution in [2.75, 3.05) is 82.3 Å². The number of nitro benzene ring substituents is 1. The van der Waals surface area contributed by atoms with E-state index in [9.17, 15) is 28.1 Å². The van der Waals surface area contributed by atoms with Crippen LogP contribution in [0.1, 0.15) is 61.9 Å². The molecule has 3 aliphatic heterocycles. The van der Waals surface area contributed by atoms with Gasteiger partial charge < -0.3 is 29.6 Å². The SMILES string of the molecule is CC1(C)CCC(CN2CCN(c3ccc(C(=O)NS(=O)(=O)c4cc5c(c([N+](=O)[O-])c4)N[C@H](CN4CCN(C(=O)C6CC6)CC4)CO5)c(Oc4cnc5[nH]ccc5c4)c3)CC2)=C(c2ccc(Cl)cc2)C1. The number of carbonyl (C=O) groups is 2. The molecule has 0 spiro atoms. The number of amides is 2. The van der Waals surface area contributed by atoms with Crippen LogP contribution in [0.5, 0.6) is 17.2 Å². The zero-order valence-corrected chi connectivity index (χ0v) is 40.3. The van der Waals surface area contributed by atoms with Gasteiger partial charge in [0.05, 0.1) is 27.6 Å². The number of carbonyl (C=O) groups excluding carboxylic acids is 2. The van der Waals surface area contributed by atoms with Crippen molar-refractivity contribution >= 4 is 67.1 Å². The molecule has 10 rings (SSSR count). The fraction of sp³-hybridized carbons (Fsp3) is 0.420. The Morgan fingerprint density at radius 1 is 0.971 bits per heavy atom. The summed E-state index contributed by atoms with van der Waals surface area (Å²) in [5, 5.41) is 17.1. The number of piperazine rings is 2. The average Bonchev–Trinajstić information content (AvgIpc) is 4.08. The number of fused-ring (bicyclic) bond motifs is 2. The van der Waals surface area contributed by atoms with Gasteiger partial charge in [-0.25, -0.2) is 18.1 Å². The maximum atomic E-state index is 14.1. The minimum absolute atomic E-state index is 0.0179. The average molecular weight is 979 g/mol. The Labute approximate surface area is 406 Å². The van der Waals surface area contributed by atoms with Crippen molar-refractivity contribution in [3.05, 3.63) is 111 Å². The van der Waals surface area contributed by atoms with Gasteiger partial charge in [-0.05, 0) is 85.1 Å². The Bertz CT molecular complexity index is 2940. The molecule has 3 aromatic carbocycles. The lowest BCUT2D eigenvalue weighted by atomic mass is 9.72. The first-order valence-corrected chi connectivity index (χ1v) is 25.5. The van der Waals surface area contributed by atoms with E-state index < -0.39 is 31.4 Å². The Kier molecular flexibility index (Phi) is 12.8. The van der Waals surface area contributed by atoms with Crippen molar-refractivity contribution in [1.82, 2.24) is 29.4 Å². The lowest BCUT2D eigenvalue weighted by molar-refractivity contribution is -0.384. The molecular formula is C50H56ClN9O8S. The van der Waals surface area contributed by atoms with Crippen molar-refractivity contribution in [2.45, 2.75) is 56.9 Å². The van der Waals surface area contributed by atoms with Crippen LogP contribution in [-0.4, -0.2) is 128 Å². The fourth-order valence-electron chi connectivity index (χ4n) is 9.94. The van der Waals surface area contributed by atoms with Gasteiger partial charge in [-0.3, -0.25) is 29.5 Å². The fourth-order valence-corrected chi connectivity index (χ4v) is 11.1. The first-order chi connectivity index (χ1) is 33.1. The van der Waals surface area contributed by atoms with Crippen molar-refractivity contribution in [3.63, 3.8) is 0 Å². The van der Waals surface area contributed by atoms with E-state index in [4.69, 9.17) is 21.1 Å². The summed E-state index contributed by atoms with van der Waals surface area (Å²) < 4.78 is 42.5. The minimum atomic E-state index is -4.69. The molecule has 19 heteroatoms. The largest absolute Gasteiger partial charge is 0.489 e. The van der Waals surface area contributed by atoms with Gasteiger partial charge in [0, 0.05) is 112 Å². The maximum Gasteiger partial charge on any atom is 0.297 e. The van der Waals surface area contributed by atoms with Gasteiger partial charge >= 0.3 is 0 Å². The Balaban J connectivity index is 0.846. The number of halogens is 1.